The van der Waals surface area contributed by atoms with Gasteiger partial charge in [-0.05, 0) is 64.8 Å². The Hall–Kier alpha value is -2.10. The molecule has 0 bridgehead atoms. The summed E-state index contributed by atoms with van der Waals surface area (Å²) in [6.45, 7) is 1.98. The average Bonchev–Trinajstić information content (AvgIpc) is 2.52. The third-order valence-electron chi connectivity index (χ3n) is 2.96. The van der Waals surface area contributed by atoms with E-state index in [-0.39, 0.29) is 5.57 Å². The minimum absolute atomic E-state index is 0.0135. The Labute approximate surface area is 151 Å². The molecule has 1 amide bonds. The summed E-state index contributed by atoms with van der Waals surface area (Å²) in [6.07, 6.45) is 1.39. The van der Waals surface area contributed by atoms with E-state index in [1.165, 1.54) is 6.20 Å². The van der Waals surface area contributed by atoms with Gasteiger partial charge in [-0.15, -0.1) is 0 Å². The number of rotatable bonds is 4. The van der Waals surface area contributed by atoms with Crippen LogP contribution in [0, 0.1) is 18.3 Å². The molecule has 2 rings (SSSR count). The first-order valence-electron chi connectivity index (χ1n) is 6.69. The lowest BCUT2D eigenvalue weighted by molar-refractivity contribution is -0.112. The average molecular weight is 435 g/mol. The molecule has 0 saturated heterocycles. The van der Waals surface area contributed by atoms with Gasteiger partial charge >= 0.3 is 0 Å². The van der Waals surface area contributed by atoms with Gasteiger partial charge in [0.05, 0.1) is 5.69 Å². The Morgan fingerprint density at radius 1 is 1.17 bits per heavy atom. The molecule has 0 unspecified atom stereocenters. The van der Waals surface area contributed by atoms with Gasteiger partial charge in [-0.3, -0.25) is 4.79 Å². The second-order valence-electron chi connectivity index (χ2n) is 4.76. The number of hydrogen-bond donors (Lipinski definition) is 2. The number of halogens is 2. The highest BCUT2D eigenvalue weighted by atomic mass is 79.9. The maximum Gasteiger partial charge on any atom is 0.267 e. The Balaban J connectivity index is 2.10. The van der Waals surface area contributed by atoms with E-state index >= 15 is 0 Å². The zero-order valence-corrected chi connectivity index (χ0v) is 15.4. The molecular weight excluding hydrogens is 422 g/mol. The van der Waals surface area contributed by atoms with Crippen LogP contribution in [0.25, 0.3) is 0 Å². The van der Waals surface area contributed by atoms with E-state index in [9.17, 15) is 10.1 Å². The SMILES string of the molecule is Cc1ccc(N/C=C(/C#N)C(=O)Nc2ccc(Br)cc2)c(Br)c1. The summed E-state index contributed by atoms with van der Waals surface area (Å²) in [5.41, 5.74) is 2.50. The first-order chi connectivity index (χ1) is 11.0. The Kier molecular flexibility index (Phi) is 5.97. The monoisotopic (exact) mass is 433 g/mol. The summed E-state index contributed by atoms with van der Waals surface area (Å²) in [5.74, 6) is -0.467. The van der Waals surface area contributed by atoms with Crippen LogP contribution in [0.1, 0.15) is 5.56 Å². The number of anilines is 2. The van der Waals surface area contributed by atoms with Crippen molar-refractivity contribution in [1.82, 2.24) is 0 Å². The molecular formula is C17H13Br2N3O. The minimum Gasteiger partial charge on any atom is -0.359 e. The quantitative estimate of drug-likeness (QED) is 0.526. The number of amides is 1. The fraction of sp³-hybridized carbons (Fsp3) is 0.0588. The van der Waals surface area contributed by atoms with Crippen molar-refractivity contribution in [3.05, 3.63) is 68.7 Å². The van der Waals surface area contributed by atoms with Gasteiger partial charge in [0.1, 0.15) is 11.6 Å². The molecule has 4 nitrogen and oxygen atoms in total. The largest absolute Gasteiger partial charge is 0.359 e. The number of nitriles is 1. The molecule has 0 spiro atoms. The number of carbonyl (C=O) groups is 1. The molecule has 0 heterocycles. The molecule has 0 radical (unpaired) electrons. The van der Waals surface area contributed by atoms with Gasteiger partial charge in [0.25, 0.3) is 5.91 Å². The fourth-order valence-corrected chi connectivity index (χ4v) is 2.64. The summed E-state index contributed by atoms with van der Waals surface area (Å²) in [5, 5.41) is 14.8. The van der Waals surface area contributed by atoms with Gasteiger partial charge in [-0.2, -0.15) is 5.26 Å². The summed E-state index contributed by atoms with van der Waals surface area (Å²) in [6, 6.07) is 14.8. The maximum absolute atomic E-state index is 12.1. The van der Waals surface area contributed by atoms with Gasteiger partial charge in [0.15, 0.2) is 0 Å². The van der Waals surface area contributed by atoms with Crippen molar-refractivity contribution in [3.63, 3.8) is 0 Å². The number of nitrogens with one attached hydrogen (secondary N) is 2. The van der Waals surface area contributed by atoms with Gasteiger partial charge in [0.2, 0.25) is 0 Å². The van der Waals surface area contributed by atoms with Crippen LogP contribution < -0.4 is 10.6 Å². The molecule has 116 valence electrons. The van der Waals surface area contributed by atoms with Crippen molar-refractivity contribution in [2.24, 2.45) is 0 Å². The van der Waals surface area contributed by atoms with Crippen LogP contribution in [0.2, 0.25) is 0 Å². The van der Waals surface area contributed by atoms with Crippen LogP contribution in [-0.4, -0.2) is 5.91 Å². The van der Waals surface area contributed by atoms with E-state index in [2.05, 4.69) is 42.5 Å². The fourth-order valence-electron chi connectivity index (χ4n) is 1.77. The topological polar surface area (TPSA) is 64.9 Å². The van der Waals surface area contributed by atoms with Crippen LogP contribution in [0.15, 0.2) is 63.2 Å². The lowest BCUT2D eigenvalue weighted by Gasteiger charge is -2.07. The normalized spacial score (nSPS) is 10.8. The van der Waals surface area contributed by atoms with E-state index in [4.69, 9.17) is 0 Å². The third-order valence-corrected chi connectivity index (χ3v) is 4.15. The number of benzene rings is 2. The summed E-state index contributed by atoms with van der Waals surface area (Å²) >= 11 is 6.76. The molecule has 0 aliphatic rings. The molecule has 2 aromatic rings. The second-order valence-corrected chi connectivity index (χ2v) is 6.53. The van der Waals surface area contributed by atoms with E-state index in [1.54, 1.807) is 12.1 Å². The van der Waals surface area contributed by atoms with Crippen LogP contribution in [0.4, 0.5) is 11.4 Å². The minimum atomic E-state index is -0.467. The van der Waals surface area contributed by atoms with Gasteiger partial charge in [-0.1, -0.05) is 22.0 Å². The molecule has 6 heteroatoms. The Morgan fingerprint density at radius 2 is 1.87 bits per heavy atom. The molecule has 23 heavy (non-hydrogen) atoms. The highest BCUT2D eigenvalue weighted by Gasteiger charge is 2.09. The molecule has 0 atom stereocenters. The molecule has 0 aliphatic carbocycles. The second kappa shape index (κ2) is 7.95. The molecule has 0 saturated carbocycles. The predicted octanol–water partition coefficient (Wildman–Crippen LogP) is 4.98. The molecule has 0 aromatic heterocycles. The first kappa shape index (κ1) is 17.3. The number of hydrogen-bond acceptors (Lipinski definition) is 3. The zero-order chi connectivity index (χ0) is 16.8. The van der Waals surface area contributed by atoms with Crippen LogP contribution >= 0.6 is 31.9 Å². The number of carbonyl (C=O) groups excluding carboxylic acids is 1. The van der Waals surface area contributed by atoms with Crippen molar-refractivity contribution in [2.45, 2.75) is 6.92 Å². The third kappa shape index (κ3) is 4.95. The summed E-state index contributed by atoms with van der Waals surface area (Å²) < 4.78 is 1.77. The predicted molar refractivity (Wildman–Crippen MR) is 99.0 cm³/mol. The van der Waals surface area contributed by atoms with Crippen LogP contribution in [0.5, 0.6) is 0 Å². The Bertz CT molecular complexity index is 792. The van der Waals surface area contributed by atoms with Crippen molar-refractivity contribution < 1.29 is 4.79 Å². The zero-order valence-electron chi connectivity index (χ0n) is 12.2. The Morgan fingerprint density at radius 3 is 2.48 bits per heavy atom. The van der Waals surface area contributed by atoms with Gasteiger partial charge in [0, 0.05) is 20.8 Å². The van der Waals surface area contributed by atoms with E-state index in [0.717, 1.165) is 20.2 Å². The summed E-state index contributed by atoms with van der Waals surface area (Å²) in [4.78, 5) is 12.1. The highest BCUT2D eigenvalue weighted by molar-refractivity contribution is 9.10. The first-order valence-corrected chi connectivity index (χ1v) is 8.28. The lowest BCUT2D eigenvalue weighted by atomic mass is 10.2. The number of nitrogens with zero attached hydrogens (tertiary/aromatic N) is 1. The standard InChI is InChI=1S/C17H13Br2N3O/c1-11-2-7-16(15(19)8-11)21-10-12(9-20)17(23)22-14-5-3-13(18)4-6-14/h2-8,10,21H,1H3,(H,22,23)/b12-10-. The lowest BCUT2D eigenvalue weighted by Crippen LogP contribution is -2.14. The van der Waals surface area contributed by atoms with E-state index in [0.29, 0.717) is 5.69 Å². The highest BCUT2D eigenvalue weighted by Crippen LogP contribution is 2.23. The van der Waals surface area contributed by atoms with E-state index < -0.39 is 5.91 Å². The van der Waals surface area contributed by atoms with Crippen molar-refractivity contribution in [1.29, 1.82) is 5.26 Å². The van der Waals surface area contributed by atoms with Crippen molar-refractivity contribution in [2.75, 3.05) is 10.6 Å². The van der Waals surface area contributed by atoms with Crippen LogP contribution in [0.3, 0.4) is 0 Å². The van der Waals surface area contributed by atoms with Crippen LogP contribution in [-0.2, 0) is 4.79 Å². The van der Waals surface area contributed by atoms with Gasteiger partial charge in [-0.25, -0.2) is 0 Å². The molecule has 2 aromatic carbocycles. The van der Waals surface area contributed by atoms with Crippen molar-refractivity contribution in [3.8, 4) is 6.07 Å². The van der Waals surface area contributed by atoms with Gasteiger partial charge < -0.3 is 10.6 Å². The molecule has 0 aliphatic heterocycles. The summed E-state index contributed by atoms with van der Waals surface area (Å²) in [7, 11) is 0. The molecule has 2 N–H and O–H groups in total. The van der Waals surface area contributed by atoms with E-state index in [1.807, 2.05) is 43.3 Å². The smallest absolute Gasteiger partial charge is 0.267 e. The molecule has 0 fully saturated rings. The van der Waals surface area contributed by atoms with Crippen molar-refractivity contribution >= 4 is 49.1 Å². The maximum atomic E-state index is 12.1. The number of aryl methyl sites for hydroxylation is 1.